The molecule has 0 spiro atoms. The van der Waals surface area contributed by atoms with Crippen LogP contribution in [-0.4, -0.2) is 61.0 Å². The summed E-state index contributed by atoms with van der Waals surface area (Å²) >= 11 is 0. The number of carboxylic acid groups (broad SMARTS) is 2. The summed E-state index contributed by atoms with van der Waals surface area (Å²) in [4.78, 5) is 33.6. The van der Waals surface area contributed by atoms with E-state index in [1.807, 2.05) is 0 Å². The highest BCUT2D eigenvalue weighted by Gasteiger charge is 2.20. The van der Waals surface area contributed by atoms with E-state index in [9.17, 15) is 14.4 Å². The largest absolute Gasteiger partial charge is 0.480 e. The highest BCUT2D eigenvalue weighted by Crippen LogP contribution is 2.07. The molecule has 8 heteroatoms. The lowest BCUT2D eigenvalue weighted by Gasteiger charge is -2.15. The average molecular weight is 325 g/mol. The van der Waals surface area contributed by atoms with Crippen LogP contribution in [0.2, 0.25) is 0 Å². The summed E-state index contributed by atoms with van der Waals surface area (Å²) in [5.74, 6) is -2.79. The van der Waals surface area contributed by atoms with Crippen molar-refractivity contribution in [3.8, 4) is 0 Å². The maximum Gasteiger partial charge on any atom is 0.335 e. The van der Waals surface area contributed by atoms with Crippen molar-refractivity contribution in [1.29, 1.82) is 0 Å². The van der Waals surface area contributed by atoms with Crippen LogP contribution in [0.15, 0.2) is 24.3 Å². The Morgan fingerprint density at radius 2 is 1.78 bits per heavy atom. The molecule has 1 amide bonds. The SMILES string of the molecule is COCCOCC(=O)N[C@H](Cc1ccc(C(=O)O)cc1)C(=O)O. The third-order valence-electron chi connectivity index (χ3n) is 2.94. The van der Waals surface area contributed by atoms with Crippen LogP contribution in [0.4, 0.5) is 0 Å². The van der Waals surface area contributed by atoms with Crippen LogP contribution in [0.3, 0.4) is 0 Å². The summed E-state index contributed by atoms with van der Waals surface area (Å²) < 4.78 is 9.77. The highest BCUT2D eigenvalue weighted by molar-refractivity contribution is 5.87. The first-order chi connectivity index (χ1) is 10.9. The normalized spacial score (nSPS) is 11.7. The maximum absolute atomic E-state index is 11.6. The van der Waals surface area contributed by atoms with Gasteiger partial charge in [-0.05, 0) is 17.7 Å². The number of nitrogens with one attached hydrogen (secondary N) is 1. The standard InChI is InChI=1S/C15H19NO7/c1-22-6-7-23-9-13(17)16-12(15(20)21)8-10-2-4-11(5-3-10)14(18)19/h2-5,12H,6-9H2,1H3,(H,16,17)(H,18,19)(H,20,21)/t12-/m1/s1. The number of carboxylic acids is 2. The van der Waals surface area contributed by atoms with Gasteiger partial charge >= 0.3 is 11.9 Å². The van der Waals surface area contributed by atoms with Gasteiger partial charge in [0.05, 0.1) is 18.8 Å². The van der Waals surface area contributed by atoms with E-state index in [1.165, 1.54) is 31.4 Å². The van der Waals surface area contributed by atoms with E-state index in [2.05, 4.69) is 5.32 Å². The number of carbonyl (C=O) groups excluding carboxylic acids is 1. The molecule has 0 saturated heterocycles. The number of hydrogen-bond donors (Lipinski definition) is 3. The van der Waals surface area contributed by atoms with Gasteiger partial charge in [-0.15, -0.1) is 0 Å². The Hall–Kier alpha value is -2.45. The van der Waals surface area contributed by atoms with Crippen LogP contribution in [0.25, 0.3) is 0 Å². The number of methoxy groups -OCH3 is 1. The first kappa shape index (κ1) is 18.6. The minimum atomic E-state index is -1.18. The summed E-state index contributed by atoms with van der Waals surface area (Å²) in [6.07, 6.45) is 0.0407. The molecule has 8 nitrogen and oxygen atoms in total. The molecular weight excluding hydrogens is 306 g/mol. The summed E-state index contributed by atoms with van der Waals surface area (Å²) in [6.45, 7) is 0.314. The van der Waals surface area contributed by atoms with Crippen LogP contribution in [-0.2, 0) is 25.5 Å². The van der Waals surface area contributed by atoms with Gasteiger partial charge in [-0.2, -0.15) is 0 Å². The van der Waals surface area contributed by atoms with E-state index in [1.54, 1.807) is 0 Å². The lowest BCUT2D eigenvalue weighted by atomic mass is 10.0. The van der Waals surface area contributed by atoms with Gasteiger partial charge in [0.25, 0.3) is 0 Å². The molecule has 0 aromatic heterocycles. The summed E-state index contributed by atoms with van der Waals surface area (Å²) in [6, 6.07) is 4.67. The second kappa shape index (κ2) is 9.54. The number of amides is 1. The van der Waals surface area contributed by atoms with Gasteiger partial charge in [0, 0.05) is 13.5 Å². The van der Waals surface area contributed by atoms with Gasteiger partial charge in [0.1, 0.15) is 12.6 Å². The molecule has 0 aliphatic rings. The Labute approximate surface area is 133 Å². The average Bonchev–Trinajstić information content (AvgIpc) is 2.51. The fraction of sp³-hybridized carbons (Fsp3) is 0.400. The lowest BCUT2D eigenvalue weighted by molar-refractivity contribution is -0.142. The Bertz CT molecular complexity index is 541. The van der Waals surface area contributed by atoms with Crippen LogP contribution >= 0.6 is 0 Å². The van der Waals surface area contributed by atoms with Crippen molar-refractivity contribution >= 4 is 17.8 Å². The van der Waals surface area contributed by atoms with E-state index in [-0.39, 0.29) is 25.2 Å². The molecule has 1 atom stereocenters. The number of ether oxygens (including phenoxy) is 2. The van der Waals surface area contributed by atoms with Crippen LogP contribution in [0.5, 0.6) is 0 Å². The molecule has 0 saturated carbocycles. The van der Waals surface area contributed by atoms with Crippen molar-refractivity contribution in [3.05, 3.63) is 35.4 Å². The predicted molar refractivity (Wildman–Crippen MR) is 79.4 cm³/mol. The van der Waals surface area contributed by atoms with Crippen molar-refractivity contribution in [1.82, 2.24) is 5.32 Å². The molecule has 0 unspecified atom stereocenters. The molecule has 1 rings (SSSR count). The van der Waals surface area contributed by atoms with Crippen LogP contribution in [0.1, 0.15) is 15.9 Å². The first-order valence-electron chi connectivity index (χ1n) is 6.85. The molecular formula is C15H19NO7. The molecule has 0 radical (unpaired) electrons. The van der Waals surface area contributed by atoms with E-state index >= 15 is 0 Å². The zero-order chi connectivity index (χ0) is 17.2. The zero-order valence-corrected chi connectivity index (χ0v) is 12.7. The highest BCUT2D eigenvalue weighted by atomic mass is 16.5. The molecule has 0 heterocycles. The summed E-state index contributed by atoms with van der Waals surface area (Å²) in [5, 5.41) is 20.3. The van der Waals surface area contributed by atoms with Crippen molar-refractivity contribution < 1.29 is 34.1 Å². The van der Waals surface area contributed by atoms with E-state index in [0.717, 1.165) is 0 Å². The minimum absolute atomic E-state index is 0.0407. The Morgan fingerprint density at radius 1 is 1.13 bits per heavy atom. The quantitative estimate of drug-likeness (QED) is 0.524. The number of aliphatic carboxylic acids is 1. The van der Waals surface area contributed by atoms with Crippen LogP contribution in [0, 0.1) is 0 Å². The van der Waals surface area contributed by atoms with Crippen molar-refractivity contribution in [2.45, 2.75) is 12.5 Å². The van der Waals surface area contributed by atoms with E-state index in [4.69, 9.17) is 19.7 Å². The van der Waals surface area contributed by atoms with Crippen molar-refractivity contribution in [2.75, 3.05) is 26.9 Å². The van der Waals surface area contributed by atoms with Crippen LogP contribution < -0.4 is 5.32 Å². The number of rotatable bonds is 10. The van der Waals surface area contributed by atoms with Gasteiger partial charge in [0.2, 0.25) is 5.91 Å². The molecule has 0 bridgehead atoms. The molecule has 0 fully saturated rings. The molecule has 0 aliphatic carbocycles. The monoisotopic (exact) mass is 325 g/mol. The lowest BCUT2D eigenvalue weighted by Crippen LogP contribution is -2.44. The second-order valence-corrected chi connectivity index (χ2v) is 4.71. The third-order valence-corrected chi connectivity index (χ3v) is 2.94. The van der Waals surface area contributed by atoms with E-state index in [0.29, 0.717) is 12.2 Å². The fourth-order valence-electron chi connectivity index (χ4n) is 1.76. The predicted octanol–water partition coefficient (Wildman–Crippen LogP) is 0.160. The van der Waals surface area contributed by atoms with Crippen molar-refractivity contribution in [3.63, 3.8) is 0 Å². The second-order valence-electron chi connectivity index (χ2n) is 4.71. The Balaban J connectivity index is 2.56. The molecule has 3 N–H and O–H groups in total. The number of carbonyl (C=O) groups is 3. The first-order valence-corrected chi connectivity index (χ1v) is 6.85. The number of benzene rings is 1. The molecule has 1 aromatic carbocycles. The number of aromatic carboxylic acids is 1. The van der Waals surface area contributed by atoms with Gasteiger partial charge in [0.15, 0.2) is 0 Å². The maximum atomic E-state index is 11.6. The molecule has 126 valence electrons. The zero-order valence-electron chi connectivity index (χ0n) is 12.7. The molecule has 0 aliphatic heterocycles. The van der Waals surface area contributed by atoms with Gasteiger partial charge in [-0.3, -0.25) is 4.79 Å². The fourth-order valence-corrected chi connectivity index (χ4v) is 1.76. The Kier molecular flexibility index (Phi) is 7.72. The van der Waals surface area contributed by atoms with Gasteiger partial charge in [-0.25, -0.2) is 9.59 Å². The van der Waals surface area contributed by atoms with E-state index < -0.39 is 23.9 Å². The summed E-state index contributed by atoms with van der Waals surface area (Å²) in [5.41, 5.74) is 0.708. The minimum Gasteiger partial charge on any atom is -0.480 e. The Morgan fingerprint density at radius 3 is 2.30 bits per heavy atom. The summed E-state index contributed by atoms with van der Waals surface area (Å²) in [7, 11) is 1.50. The number of hydrogen-bond acceptors (Lipinski definition) is 5. The molecule has 1 aromatic rings. The smallest absolute Gasteiger partial charge is 0.335 e. The third kappa shape index (κ3) is 6.90. The van der Waals surface area contributed by atoms with Crippen molar-refractivity contribution in [2.24, 2.45) is 0 Å². The van der Waals surface area contributed by atoms with Gasteiger partial charge < -0.3 is 25.0 Å². The molecule has 23 heavy (non-hydrogen) atoms. The van der Waals surface area contributed by atoms with Gasteiger partial charge in [-0.1, -0.05) is 12.1 Å². The topological polar surface area (TPSA) is 122 Å².